The van der Waals surface area contributed by atoms with Crippen LogP contribution in [0.1, 0.15) is 15.9 Å². The minimum atomic E-state index is -1.34. The topological polar surface area (TPSA) is 80.4 Å². The van der Waals surface area contributed by atoms with Crippen LogP contribution in [0, 0.1) is 22.9 Å². The van der Waals surface area contributed by atoms with Gasteiger partial charge in [-0.15, -0.1) is 0 Å². The van der Waals surface area contributed by atoms with Crippen molar-refractivity contribution in [3.8, 4) is 0 Å². The van der Waals surface area contributed by atoms with E-state index in [1.807, 2.05) is 0 Å². The highest BCUT2D eigenvalue weighted by Crippen LogP contribution is 2.33. The molecule has 2 aromatic rings. The Labute approximate surface area is 123 Å². The first kappa shape index (κ1) is 15.0. The maximum Gasteiger partial charge on any atom is 0.338 e. The molecule has 108 valence electrons. The number of hydrogen-bond acceptors (Lipinski definition) is 4. The van der Waals surface area contributed by atoms with E-state index in [0.29, 0.717) is 10.5 Å². The van der Waals surface area contributed by atoms with Crippen molar-refractivity contribution in [2.24, 2.45) is 0 Å². The van der Waals surface area contributed by atoms with E-state index in [4.69, 9.17) is 5.11 Å². The minimum absolute atomic E-state index is 0.0119. The first-order valence-corrected chi connectivity index (χ1v) is 6.66. The summed E-state index contributed by atoms with van der Waals surface area (Å²) in [7, 11) is 0. The molecule has 0 aliphatic heterocycles. The normalized spacial score (nSPS) is 10.4. The molecule has 0 aliphatic rings. The van der Waals surface area contributed by atoms with Crippen molar-refractivity contribution in [3.05, 3.63) is 63.5 Å². The maximum atomic E-state index is 13.3. The van der Waals surface area contributed by atoms with Crippen molar-refractivity contribution >= 4 is 23.4 Å². The lowest BCUT2D eigenvalue weighted by molar-refractivity contribution is -0.385. The van der Waals surface area contributed by atoms with Crippen molar-refractivity contribution in [2.45, 2.75) is 16.7 Å². The molecule has 0 fully saturated rings. The van der Waals surface area contributed by atoms with Crippen LogP contribution in [-0.2, 0) is 0 Å². The number of carbonyl (C=O) groups is 1. The van der Waals surface area contributed by atoms with Gasteiger partial charge in [-0.05, 0) is 36.8 Å². The van der Waals surface area contributed by atoms with Crippen LogP contribution in [0.25, 0.3) is 0 Å². The number of carboxylic acids is 1. The van der Waals surface area contributed by atoms with E-state index in [1.165, 1.54) is 36.0 Å². The van der Waals surface area contributed by atoms with Crippen molar-refractivity contribution in [3.63, 3.8) is 0 Å². The summed E-state index contributed by atoms with van der Waals surface area (Å²) in [5.41, 5.74) is 0.275. The number of nitro benzene ring substituents is 1. The first-order chi connectivity index (χ1) is 9.88. The van der Waals surface area contributed by atoms with Crippen LogP contribution >= 0.6 is 11.8 Å². The van der Waals surface area contributed by atoms with Crippen molar-refractivity contribution in [1.29, 1.82) is 0 Å². The number of halogens is 1. The lowest BCUT2D eigenvalue weighted by atomic mass is 10.2. The van der Waals surface area contributed by atoms with Crippen molar-refractivity contribution in [1.82, 2.24) is 0 Å². The number of carboxylic acid groups (broad SMARTS) is 1. The van der Waals surface area contributed by atoms with Gasteiger partial charge in [0.05, 0.1) is 10.5 Å². The number of hydrogen-bond donors (Lipinski definition) is 1. The Bertz CT molecular complexity index is 733. The summed E-state index contributed by atoms with van der Waals surface area (Å²) in [5, 5.41) is 19.6. The van der Waals surface area contributed by atoms with E-state index >= 15 is 0 Å². The molecule has 0 saturated heterocycles. The van der Waals surface area contributed by atoms with E-state index in [-0.39, 0.29) is 5.69 Å². The van der Waals surface area contributed by atoms with E-state index in [2.05, 4.69) is 0 Å². The predicted molar refractivity (Wildman–Crippen MR) is 75.3 cm³/mol. The third-order valence-electron chi connectivity index (χ3n) is 2.77. The van der Waals surface area contributed by atoms with Crippen LogP contribution in [-0.4, -0.2) is 16.0 Å². The fourth-order valence-corrected chi connectivity index (χ4v) is 2.64. The molecule has 0 heterocycles. The highest BCUT2D eigenvalue weighted by atomic mass is 32.2. The maximum absolute atomic E-state index is 13.3. The molecule has 0 aliphatic carbocycles. The third-order valence-corrected chi connectivity index (χ3v) is 3.93. The Morgan fingerprint density at radius 3 is 2.57 bits per heavy atom. The molecule has 0 aromatic heterocycles. The van der Waals surface area contributed by atoms with Crippen LogP contribution in [0.4, 0.5) is 10.1 Å². The summed E-state index contributed by atoms with van der Waals surface area (Å²) in [6.45, 7) is 1.72. The first-order valence-electron chi connectivity index (χ1n) is 5.84. The molecule has 0 atom stereocenters. The zero-order valence-electron chi connectivity index (χ0n) is 10.9. The molecule has 2 aromatic carbocycles. The van der Waals surface area contributed by atoms with Crippen LogP contribution in [0.3, 0.4) is 0 Å². The molecule has 2 rings (SSSR count). The Kier molecular flexibility index (Phi) is 4.23. The summed E-state index contributed by atoms with van der Waals surface area (Å²) in [5.74, 6) is -2.14. The second-order valence-corrected chi connectivity index (χ2v) is 5.37. The summed E-state index contributed by atoms with van der Waals surface area (Å²) in [4.78, 5) is 22.4. The number of rotatable bonds is 4. The average Bonchev–Trinajstić information content (AvgIpc) is 2.42. The van der Waals surface area contributed by atoms with E-state index in [9.17, 15) is 19.3 Å². The second kappa shape index (κ2) is 5.92. The third kappa shape index (κ3) is 3.38. The van der Waals surface area contributed by atoms with Crippen molar-refractivity contribution < 1.29 is 19.2 Å². The molecule has 0 radical (unpaired) electrons. The summed E-state index contributed by atoms with van der Waals surface area (Å²) in [6.07, 6.45) is 0. The average molecular weight is 307 g/mol. The van der Waals surface area contributed by atoms with Gasteiger partial charge in [-0.25, -0.2) is 9.18 Å². The van der Waals surface area contributed by atoms with Crippen LogP contribution < -0.4 is 0 Å². The van der Waals surface area contributed by atoms with Gasteiger partial charge in [-0.3, -0.25) is 10.1 Å². The SMILES string of the molecule is Cc1cc([N+](=O)[O-])ccc1Sc1ccc(F)c(C(=O)O)c1. The number of non-ortho nitro benzene ring substituents is 1. The zero-order valence-corrected chi connectivity index (χ0v) is 11.7. The summed E-state index contributed by atoms with van der Waals surface area (Å²) < 4.78 is 13.3. The second-order valence-electron chi connectivity index (χ2n) is 4.26. The van der Waals surface area contributed by atoms with Gasteiger partial charge in [0.2, 0.25) is 0 Å². The largest absolute Gasteiger partial charge is 0.478 e. The molecule has 0 saturated carbocycles. The van der Waals surface area contributed by atoms with Gasteiger partial charge in [-0.2, -0.15) is 0 Å². The Balaban J connectivity index is 2.32. The monoisotopic (exact) mass is 307 g/mol. The molecule has 0 amide bonds. The Morgan fingerprint density at radius 2 is 2.00 bits per heavy atom. The van der Waals surface area contributed by atoms with Gasteiger partial charge in [-0.1, -0.05) is 11.8 Å². The lowest BCUT2D eigenvalue weighted by Gasteiger charge is -2.06. The van der Waals surface area contributed by atoms with Gasteiger partial charge < -0.3 is 5.11 Å². The van der Waals surface area contributed by atoms with Crippen molar-refractivity contribution in [2.75, 3.05) is 0 Å². The lowest BCUT2D eigenvalue weighted by Crippen LogP contribution is -2.00. The molecule has 0 bridgehead atoms. The van der Waals surface area contributed by atoms with Gasteiger partial charge >= 0.3 is 5.97 Å². The van der Waals surface area contributed by atoms with Crippen LogP contribution in [0.2, 0.25) is 0 Å². The summed E-state index contributed by atoms with van der Waals surface area (Å²) >= 11 is 1.22. The fraction of sp³-hybridized carbons (Fsp3) is 0.0714. The zero-order chi connectivity index (χ0) is 15.6. The number of aryl methyl sites for hydroxylation is 1. The highest BCUT2D eigenvalue weighted by Gasteiger charge is 2.13. The number of benzene rings is 2. The van der Waals surface area contributed by atoms with Crippen LogP contribution in [0.15, 0.2) is 46.2 Å². The molecule has 7 heteroatoms. The Hall–Kier alpha value is -2.41. The molecule has 1 N–H and O–H groups in total. The van der Waals surface area contributed by atoms with Gasteiger partial charge in [0.1, 0.15) is 5.82 Å². The molecular weight excluding hydrogens is 297 g/mol. The fourth-order valence-electron chi connectivity index (χ4n) is 1.72. The number of nitrogens with zero attached hydrogens (tertiary/aromatic N) is 1. The van der Waals surface area contributed by atoms with Gasteiger partial charge in [0.15, 0.2) is 0 Å². The van der Waals surface area contributed by atoms with Gasteiger partial charge in [0.25, 0.3) is 5.69 Å². The smallest absolute Gasteiger partial charge is 0.338 e. The highest BCUT2D eigenvalue weighted by molar-refractivity contribution is 7.99. The predicted octanol–water partition coefficient (Wildman–Crippen LogP) is 3.89. The minimum Gasteiger partial charge on any atom is -0.478 e. The van der Waals surface area contributed by atoms with E-state index in [1.54, 1.807) is 13.0 Å². The number of aromatic carboxylic acids is 1. The number of nitro groups is 1. The standard InChI is InChI=1S/C14H10FNO4S/c1-8-6-9(16(19)20)2-5-13(8)21-10-3-4-12(15)11(7-10)14(17)18/h2-7H,1H3,(H,17,18). The molecule has 21 heavy (non-hydrogen) atoms. The summed E-state index contributed by atoms with van der Waals surface area (Å²) in [6, 6.07) is 8.19. The van der Waals surface area contributed by atoms with Gasteiger partial charge in [0, 0.05) is 21.9 Å². The molecule has 0 unspecified atom stereocenters. The molecular formula is C14H10FNO4S. The molecule has 0 spiro atoms. The molecule has 5 nitrogen and oxygen atoms in total. The van der Waals surface area contributed by atoms with E-state index < -0.39 is 22.3 Å². The quantitative estimate of drug-likeness (QED) is 0.684. The van der Waals surface area contributed by atoms with Crippen LogP contribution in [0.5, 0.6) is 0 Å². The Morgan fingerprint density at radius 1 is 1.29 bits per heavy atom. The van der Waals surface area contributed by atoms with E-state index in [0.717, 1.165) is 11.0 Å².